The van der Waals surface area contributed by atoms with Gasteiger partial charge >= 0.3 is 0 Å². The van der Waals surface area contributed by atoms with E-state index in [0.717, 1.165) is 5.56 Å². The minimum atomic E-state index is -0.468. The Labute approximate surface area is 124 Å². The number of ketones is 1. The lowest BCUT2D eigenvalue weighted by Crippen LogP contribution is -2.03. The van der Waals surface area contributed by atoms with Crippen LogP contribution in [0.3, 0.4) is 0 Å². The monoisotopic (exact) mass is 307 g/mol. The van der Waals surface area contributed by atoms with Gasteiger partial charge in [0.25, 0.3) is 0 Å². The highest BCUT2D eigenvalue weighted by Gasteiger charge is 2.18. The first-order valence-corrected chi connectivity index (χ1v) is 6.96. The largest absolute Gasteiger partial charge is 0.288 e. The van der Waals surface area contributed by atoms with Gasteiger partial charge in [0.2, 0.25) is 5.78 Å². The lowest BCUT2D eigenvalue weighted by atomic mass is 10.0. The fraction of sp³-hybridized carbons (Fsp3) is 0. The molecule has 0 fully saturated rings. The van der Waals surface area contributed by atoms with E-state index in [2.05, 4.69) is 0 Å². The van der Waals surface area contributed by atoms with E-state index < -0.39 is 5.78 Å². The number of carbonyl (C=O) groups is 1. The number of halogens is 2. The summed E-state index contributed by atoms with van der Waals surface area (Å²) in [6, 6.07) is 8.50. The quantitative estimate of drug-likeness (QED) is 0.462. The van der Waals surface area contributed by atoms with Gasteiger partial charge in [-0.05, 0) is 40.6 Å². The van der Waals surface area contributed by atoms with Crippen LogP contribution in [-0.2, 0) is 0 Å². The van der Waals surface area contributed by atoms with Gasteiger partial charge in [0.15, 0.2) is 0 Å². The van der Waals surface area contributed by atoms with Crippen LogP contribution in [0.5, 0.6) is 0 Å². The zero-order valence-electron chi connectivity index (χ0n) is 9.56. The first-order chi connectivity index (χ1) is 9.13. The van der Waals surface area contributed by atoms with E-state index in [4.69, 9.17) is 28.5 Å². The zero-order valence-corrected chi connectivity index (χ0v) is 11.9. The van der Waals surface area contributed by atoms with Crippen molar-refractivity contribution in [2.75, 3.05) is 0 Å². The molecule has 1 aromatic heterocycles. The fourth-order valence-electron chi connectivity index (χ4n) is 1.52. The Morgan fingerprint density at radius 2 is 1.95 bits per heavy atom. The number of hydrogen-bond acceptors (Lipinski definition) is 3. The van der Waals surface area contributed by atoms with Gasteiger partial charge in [-0.3, -0.25) is 4.79 Å². The molecule has 0 aliphatic heterocycles. The van der Waals surface area contributed by atoms with Crippen molar-refractivity contribution in [3.8, 4) is 6.07 Å². The summed E-state index contributed by atoms with van der Waals surface area (Å²) in [6.45, 7) is 0. The maximum atomic E-state index is 12.3. The van der Waals surface area contributed by atoms with Gasteiger partial charge in [0, 0.05) is 0 Å². The van der Waals surface area contributed by atoms with Gasteiger partial charge in [-0.25, -0.2) is 0 Å². The van der Waals surface area contributed by atoms with Crippen LogP contribution >= 0.6 is 34.5 Å². The molecule has 0 radical (unpaired) electrons. The predicted molar refractivity (Wildman–Crippen MR) is 78.7 cm³/mol. The molecule has 19 heavy (non-hydrogen) atoms. The number of benzene rings is 1. The molecule has 0 unspecified atom stereocenters. The molecule has 2 aromatic rings. The van der Waals surface area contributed by atoms with Crippen LogP contribution in [0.2, 0.25) is 10.0 Å². The average Bonchev–Trinajstić information content (AvgIpc) is 2.88. The molecule has 0 atom stereocenters. The van der Waals surface area contributed by atoms with Crippen molar-refractivity contribution in [2.24, 2.45) is 0 Å². The Kier molecular flexibility index (Phi) is 4.39. The number of nitriles is 1. The summed E-state index contributed by atoms with van der Waals surface area (Å²) in [4.78, 5) is 12.3. The van der Waals surface area contributed by atoms with Crippen LogP contribution in [0.4, 0.5) is 0 Å². The number of allylic oxidation sites excluding steroid dienone is 1. The molecule has 0 aliphatic carbocycles. The average molecular weight is 308 g/mol. The maximum absolute atomic E-state index is 12.3. The summed E-state index contributed by atoms with van der Waals surface area (Å²) < 4.78 is 0. The highest BCUT2D eigenvalue weighted by atomic mass is 35.5. The third-order valence-electron chi connectivity index (χ3n) is 2.41. The van der Waals surface area contributed by atoms with Gasteiger partial charge in [-0.15, -0.1) is 0 Å². The van der Waals surface area contributed by atoms with E-state index in [1.54, 1.807) is 18.2 Å². The molecule has 0 saturated carbocycles. The molecule has 0 aliphatic rings. The van der Waals surface area contributed by atoms with Crippen molar-refractivity contribution in [2.45, 2.75) is 0 Å². The van der Waals surface area contributed by atoms with Gasteiger partial charge in [-0.1, -0.05) is 29.3 Å². The topological polar surface area (TPSA) is 40.9 Å². The molecule has 0 bridgehead atoms. The Balaban J connectivity index is 2.46. The first-order valence-electron chi connectivity index (χ1n) is 5.26. The Hall–Kier alpha value is -1.60. The van der Waals surface area contributed by atoms with Crippen molar-refractivity contribution in [1.29, 1.82) is 5.26 Å². The summed E-state index contributed by atoms with van der Waals surface area (Å²) >= 11 is 13.4. The summed E-state index contributed by atoms with van der Waals surface area (Å²) in [6.07, 6.45) is 1.53. The Bertz CT molecular complexity index is 664. The number of hydrogen-bond donors (Lipinski definition) is 0. The predicted octanol–water partition coefficient (Wildman–Crippen LogP) is 4.84. The number of nitrogens with zero attached hydrogens (tertiary/aromatic N) is 1. The van der Waals surface area contributed by atoms with Crippen LogP contribution in [0, 0.1) is 11.3 Å². The molecule has 0 saturated heterocycles. The minimum Gasteiger partial charge on any atom is -0.288 e. The SMILES string of the molecule is N#C/C(=C\c1ccsc1)C(=O)c1c(Cl)cccc1Cl. The standard InChI is InChI=1S/C14H7Cl2NOS/c15-11-2-1-3-12(16)13(11)14(18)10(7-17)6-9-4-5-19-8-9/h1-6,8H/b10-6+. The van der Waals surface area contributed by atoms with Gasteiger partial charge in [-0.2, -0.15) is 16.6 Å². The van der Waals surface area contributed by atoms with Crippen LogP contribution in [-0.4, -0.2) is 5.78 Å². The number of rotatable bonds is 3. The summed E-state index contributed by atoms with van der Waals surface area (Å²) in [5, 5.41) is 13.3. The second-order valence-electron chi connectivity index (χ2n) is 3.65. The first kappa shape index (κ1) is 13.8. The number of Topliss-reactive ketones (excluding diaryl/α,β-unsaturated/α-hetero) is 1. The molecular formula is C14H7Cl2NOS. The summed E-state index contributed by atoms with van der Waals surface area (Å²) in [7, 11) is 0. The fourth-order valence-corrected chi connectivity index (χ4v) is 2.71. The maximum Gasteiger partial charge on any atom is 0.206 e. The van der Waals surface area contributed by atoms with E-state index in [9.17, 15) is 4.79 Å². The highest BCUT2D eigenvalue weighted by molar-refractivity contribution is 7.08. The second kappa shape index (κ2) is 6.03. The number of carbonyl (C=O) groups excluding carboxylic acids is 1. The molecule has 94 valence electrons. The van der Waals surface area contributed by atoms with E-state index in [0.29, 0.717) is 0 Å². The van der Waals surface area contributed by atoms with Gasteiger partial charge < -0.3 is 0 Å². The zero-order chi connectivity index (χ0) is 13.8. The van der Waals surface area contributed by atoms with Crippen molar-refractivity contribution in [3.05, 3.63) is 61.8 Å². The molecule has 1 aromatic carbocycles. The molecule has 2 rings (SSSR count). The lowest BCUT2D eigenvalue weighted by Gasteiger charge is -2.04. The molecule has 0 spiro atoms. The van der Waals surface area contributed by atoms with E-state index in [-0.39, 0.29) is 21.2 Å². The second-order valence-corrected chi connectivity index (χ2v) is 5.25. The van der Waals surface area contributed by atoms with Crippen LogP contribution in [0.15, 0.2) is 40.6 Å². The van der Waals surface area contributed by atoms with Gasteiger partial charge in [0.1, 0.15) is 11.6 Å². The molecule has 0 N–H and O–H groups in total. The van der Waals surface area contributed by atoms with Crippen molar-refractivity contribution < 1.29 is 4.79 Å². The minimum absolute atomic E-state index is 0.00778. The molecule has 0 amide bonds. The van der Waals surface area contributed by atoms with Crippen molar-refractivity contribution in [1.82, 2.24) is 0 Å². The van der Waals surface area contributed by atoms with Crippen LogP contribution in [0.25, 0.3) is 6.08 Å². The molecular weight excluding hydrogens is 301 g/mol. The van der Waals surface area contributed by atoms with Gasteiger partial charge in [0.05, 0.1) is 15.6 Å². The Morgan fingerprint density at radius 3 is 2.47 bits per heavy atom. The third-order valence-corrected chi connectivity index (χ3v) is 3.74. The third kappa shape index (κ3) is 3.05. The van der Waals surface area contributed by atoms with E-state index in [1.807, 2.05) is 22.9 Å². The van der Waals surface area contributed by atoms with Crippen LogP contribution < -0.4 is 0 Å². The molecule has 5 heteroatoms. The van der Waals surface area contributed by atoms with Crippen LogP contribution in [0.1, 0.15) is 15.9 Å². The molecule has 1 heterocycles. The smallest absolute Gasteiger partial charge is 0.206 e. The molecule has 2 nitrogen and oxygen atoms in total. The summed E-state index contributed by atoms with van der Waals surface area (Å²) in [5.41, 5.74) is 0.973. The van der Waals surface area contributed by atoms with Crippen molar-refractivity contribution in [3.63, 3.8) is 0 Å². The summed E-state index contributed by atoms with van der Waals surface area (Å²) in [5.74, 6) is -0.468. The van der Waals surface area contributed by atoms with Crippen molar-refractivity contribution >= 4 is 46.4 Å². The van der Waals surface area contributed by atoms with E-state index in [1.165, 1.54) is 17.4 Å². The van der Waals surface area contributed by atoms with E-state index >= 15 is 0 Å². The highest BCUT2D eigenvalue weighted by Crippen LogP contribution is 2.27. The Morgan fingerprint density at radius 1 is 1.26 bits per heavy atom. The number of thiophene rings is 1. The lowest BCUT2D eigenvalue weighted by molar-refractivity contribution is 0.104. The normalized spacial score (nSPS) is 11.1.